The number of hydrogen-bond acceptors (Lipinski definition) is 6. The second-order valence-electron chi connectivity index (χ2n) is 1.77. The van der Waals surface area contributed by atoms with Crippen LogP contribution in [0.5, 0.6) is 0 Å². The van der Waals surface area contributed by atoms with Crippen molar-refractivity contribution < 1.29 is 19.7 Å². The van der Waals surface area contributed by atoms with Gasteiger partial charge in [-0.05, 0) is 0 Å². The first-order valence-electron chi connectivity index (χ1n) is 3.73. The van der Waals surface area contributed by atoms with Crippen molar-refractivity contribution in [2.24, 2.45) is 0 Å². The van der Waals surface area contributed by atoms with Crippen molar-refractivity contribution in [2.75, 3.05) is 39.6 Å². The summed E-state index contributed by atoms with van der Waals surface area (Å²) in [4.78, 5) is 0. The van der Waals surface area contributed by atoms with Gasteiger partial charge in [0.05, 0.1) is 39.6 Å². The predicted molar refractivity (Wildman–Crippen MR) is 50.4 cm³/mol. The molecule has 0 aromatic rings. The van der Waals surface area contributed by atoms with E-state index in [2.05, 4.69) is 12.6 Å². The van der Waals surface area contributed by atoms with Gasteiger partial charge in [0.2, 0.25) is 0 Å². The number of aliphatic hydroxyl groups is 2. The monoisotopic (exact) mass is 209 g/mol. The van der Waals surface area contributed by atoms with Crippen LogP contribution in [0, 0.1) is 10.7 Å². The minimum absolute atomic E-state index is 0.125. The summed E-state index contributed by atoms with van der Waals surface area (Å²) in [5, 5.41) is 23.9. The summed E-state index contributed by atoms with van der Waals surface area (Å²) in [5.41, 5.74) is 0. The van der Waals surface area contributed by atoms with Gasteiger partial charge in [-0.15, -0.1) is 0 Å². The van der Waals surface area contributed by atoms with Crippen molar-refractivity contribution in [1.82, 2.24) is 0 Å². The SMILES string of the molecule is C1COCCO1.N#CS.OCCO. The third-order valence-corrected chi connectivity index (χ3v) is 0.844. The topological polar surface area (TPSA) is 82.7 Å². The van der Waals surface area contributed by atoms with E-state index in [9.17, 15) is 0 Å². The number of nitriles is 1. The van der Waals surface area contributed by atoms with Gasteiger partial charge < -0.3 is 19.7 Å². The molecule has 0 bridgehead atoms. The molecule has 0 amide bonds. The Labute approximate surface area is 83.3 Å². The fourth-order valence-electron chi connectivity index (χ4n) is 0.440. The molecule has 0 aliphatic carbocycles. The Morgan fingerprint density at radius 1 is 1.08 bits per heavy atom. The summed E-state index contributed by atoms with van der Waals surface area (Å²) in [6, 6.07) is 0. The van der Waals surface area contributed by atoms with Crippen molar-refractivity contribution in [3.05, 3.63) is 0 Å². The van der Waals surface area contributed by atoms with Crippen LogP contribution in [0.2, 0.25) is 0 Å². The van der Waals surface area contributed by atoms with Crippen LogP contribution in [0.25, 0.3) is 0 Å². The van der Waals surface area contributed by atoms with Crippen LogP contribution in [-0.4, -0.2) is 49.9 Å². The highest BCUT2D eigenvalue weighted by Crippen LogP contribution is 1.85. The van der Waals surface area contributed by atoms with Gasteiger partial charge in [0, 0.05) is 0 Å². The molecule has 0 unspecified atom stereocenters. The maximum absolute atomic E-state index is 7.62. The van der Waals surface area contributed by atoms with E-state index in [0.29, 0.717) is 0 Å². The first-order chi connectivity index (χ1) is 6.33. The van der Waals surface area contributed by atoms with Gasteiger partial charge in [0.25, 0.3) is 0 Å². The number of hydrogen-bond donors (Lipinski definition) is 3. The summed E-state index contributed by atoms with van der Waals surface area (Å²) in [5.74, 6) is 0. The van der Waals surface area contributed by atoms with Crippen LogP contribution in [-0.2, 0) is 9.47 Å². The Bertz CT molecular complexity index is 100. The average Bonchev–Trinajstić information content (AvgIpc) is 2.22. The number of thiol groups is 1. The molecule has 1 heterocycles. The molecule has 13 heavy (non-hydrogen) atoms. The van der Waals surface area contributed by atoms with Crippen LogP contribution >= 0.6 is 12.6 Å². The van der Waals surface area contributed by atoms with E-state index in [-0.39, 0.29) is 13.2 Å². The first kappa shape index (κ1) is 15.2. The molecule has 6 heteroatoms. The molecule has 1 rings (SSSR count). The molecule has 1 saturated heterocycles. The van der Waals surface area contributed by atoms with Crippen LogP contribution in [0.4, 0.5) is 0 Å². The molecule has 0 radical (unpaired) electrons. The van der Waals surface area contributed by atoms with E-state index in [0.717, 1.165) is 26.4 Å². The highest BCUT2D eigenvalue weighted by atomic mass is 32.1. The van der Waals surface area contributed by atoms with Crippen molar-refractivity contribution in [3.63, 3.8) is 0 Å². The Morgan fingerprint density at radius 2 is 1.31 bits per heavy atom. The first-order valence-corrected chi connectivity index (χ1v) is 4.18. The lowest BCUT2D eigenvalue weighted by Gasteiger charge is -2.09. The zero-order chi connectivity index (χ0) is 10.4. The zero-order valence-electron chi connectivity index (χ0n) is 7.35. The molecule has 0 spiro atoms. The van der Waals surface area contributed by atoms with Gasteiger partial charge in [0.1, 0.15) is 5.40 Å². The molecule has 2 N–H and O–H groups in total. The van der Waals surface area contributed by atoms with E-state index in [1.807, 2.05) is 0 Å². The number of ether oxygens (including phenoxy) is 2. The maximum Gasteiger partial charge on any atom is 0.130 e. The number of rotatable bonds is 1. The molecular formula is C7H15NO4S. The Hall–Kier alpha value is -0.320. The standard InChI is InChI=1S/C4H8O2.C2H6O2.CHNS/c1-2-6-4-3-5-1;3-1-2-4;2-1-3/h1-4H2;3-4H,1-2H2;3H. The largest absolute Gasteiger partial charge is 0.394 e. The van der Waals surface area contributed by atoms with Gasteiger partial charge >= 0.3 is 0 Å². The van der Waals surface area contributed by atoms with E-state index < -0.39 is 0 Å². The molecule has 0 saturated carbocycles. The highest BCUT2D eigenvalue weighted by Gasteiger charge is 1.94. The Morgan fingerprint density at radius 3 is 1.38 bits per heavy atom. The number of aliphatic hydroxyl groups excluding tert-OH is 2. The molecular weight excluding hydrogens is 194 g/mol. The third kappa shape index (κ3) is 24.5. The average molecular weight is 209 g/mol. The quantitative estimate of drug-likeness (QED) is 0.397. The lowest BCUT2D eigenvalue weighted by atomic mass is 10.6. The summed E-state index contributed by atoms with van der Waals surface area (Å²) in [6.07, 6.45) is 0. The van der Waals surface area contributed by atoms with E-state index in [1.54, 1.807) is 0 Å². The molecule has 78 valence electrons. The van der Waals surface area contributed by atoms with Crippen LogP contribution in [0.15, 0.2) is 0 Å². The minimum Gasteiger partial charge on any atom is -0.394 e. The highest BCUT2D eigenvalue weighted by molar-refractivity contribution is 7.85. The number of thiocyanates is 1. The molecule has 1 fully saturated rings. The van der Waals surface area contributed by atoms with Gasteiger partial charge in [-0.1, -0.05) is 12.6 Å². The van der Waals surface area contributed by atoms with E-state index in [1.165, 1.54) is 5.40 Å². The summed E-state index contributed by atoms with van der Waals surface area (Å²) < 4.78 is 9.89. The van der Waals surface area contributed by atoms with Gasteiger partial charge in [-0.25, -0.2) is 0 Å². The van der Waals surface area contributed by atoms with Crippen LogP contribution in [0.1, 0.15) is 0 Å². The Balaban J connectivity index is 0. The van der Waals surface area contributed by atoms with E-state index in [4.69, 9.17) is 24.9 Å². The summed E-state index contributed by atoms with van der Waals surface area (Å²) in [7, 11) is 0. The fraction of sp³-hybridized carbons (Fsp3) is 0.857. The van der Waals surface area contributed by atoms with Crippen LogP contribution < -0.4 is 0 Å². The molecule has 0 atom stereocenters. The zero-order valence-corrected chi connectivity index (χ0v) is 8.24. The van der Waals surface area contributed by atoms with Crippen molar-refractivity contribution in [2.45, 2.75) is 0 Å². The van der Waals surface area contributed by atoms with Crippen molar-refractivity contribution in [3.8, 4) is 5.40 Å². The second-order valence-corrected chi connectivity index (χ2v) is 1.97. The van der Waals surface area contributed by atoms with Gasteiger partial charge in [-0.3, -0.25) is 0 Å². The van der Waals surface area contributed by atoms with Crippen LogP contribution in [0.3, 0.4) is 0 Å². The summed E-state index contributed by atoms with van der Waals surface area (Å²) in [6.45, 7) is 2.86. The minimum atomic E-state index is -0.125. The van der Waals surface area contributed by atoms with Gasteiger partial charge in [-0.2, -0.15) is 5.26 Å². The predicted octanol–water partition coefficient (Wildman–Crippen LogP) is -0.599. The molecule has 5 nitrogen and oxygen atoms in total. The molecule has 1 aliphatic heterocycles. The second kappa shape index (κ2) is 17.7. The van der Waals surface area contributed by atoms with Gasteiger partial charge in [0.15, 0.2) is 0 Å². The normalized spacial score (nSPS) is 14.0. The molecule has 0 aromatic heterocycles. The smallest absolute Gasteiger partial charge is 0.130 e. The van der Waals surface area contributed by atoms with Crippen molar-refractivity contribution >= 4 is 12.6 Å². The molecule has 0 aromatic carbocycles. The third-order valence-electron chi connectivity index (χ3n) is 0.844. The summed E-state index contributed by atoms with van der Waals surface area (Å²) >= 11 is 3.09. The maximum atomic E-state index is 7.62. The fourth-order valence-corrected chi connectivity index (χ4v) is 0.440. The lowest BCUT2D eigenvalue weighted by molar-refractivity contribution is -0.0334. The number of nitrogens with zero attached hydrogens (tertiary/aromatic N) is 1. The van der Waals surface area contributed by atoms with E-state index >= 15 is 0 Å². The Kier molecular flexibility index (Phi) is 20.6. The van der Waals surface area contributed by atoms with Crippen molar-refractivity contribution in [1.29, 1.82) is 5.26 Å². The molecule has 1 aliphatic rings. The lowest BCUT2D eigenvalue weighted by Crippen LogP contribution is -2.16.